The molecule has 1 aromatic rings. The Kier molecular flexibility index (Phi) is 4.36. The molecule has 1 aromatic heterocycles. The van der Waals surface area contributed by atoms with E-state index in [-0.39, 0.29) is 11.5 Å². The van der Waals surface area contributed by atoms with Gasteiger partial charge in [0.15, 0.2) is 0 Å². The third-order valence-electron chi connectivity index (χ3n) is 3.05. The first kappa shape index (κ1) is 13.8. The molecule has 0 aromatic carbocycles. The summed E-state index contributed by atoms with van der Waals surface area (Å²) < 4.78 is 5.51. The number of nitriles is 1. The van der Waals surface area contributed by atoms with E-state index < -0.39 is 0 Å². The fraction of sp³-hybridized carbons (Fsp3) is 0.643. The molecule has 0 radical (unpaired) electrons. The van der Waals surface area contributed by atoms with E-state index in [9.17, 15) is 0 Å². The van der Waals surface area contributed by atoms with E-state index in [1.807, 2.05) is 27.7 Å². The maximum Gasteiger partial charge on any atom is 0.105 e. The Labute approximate surface area is 104 Å². The second-order valence-electron chi connectivity index (χ2n) is 5.29. The van der Waals surface area contributed by atoms with E-state index >= 15 is 0 Å². The number of hydrogen-bond donors (Lipinski definition) is 1. The van der Waals surface area contributed by atoms with Crippen LogP contribution >= 0.6 is 0 Å². The van der Waals surface area contributed by atoms with Gasteiger partial charge in [-0.05, 0) is 53.7 Å². The molecule has 1 heterocycles. The van der Waals surface area contributed by atoms with Crippen LogP contribution in [0.4, 0.5) is 0 Å². The topological polar surface area (TPSA) is 49.0 Å². The summed E-state index contributed by atoms with van der Waals surface area (Å²) in [5.74, 6) is 1.92. The van der Waals surface area contributed by atoms with Crippen LogP contribution in [-0.2, 0) is 0 Å². The molecule has 1 N–H and O–H groups in total. The molecule has 0 saturated heterocycles. The molecule has 0 amide bonds. The zero-order chi connectivity index (χ0) is 13.1. The summed E-state index contributed by atoms with van der Waals surface area (Å²) in [4.78, 5) is 0. The zero-order valence-corrected chi connectivity index (χ0v) is 11.4. The van der Waals surface area contributed by atoms with Crippen LogP contribution in [-0.4, -0.2) is 6.54 Å². The first-order valence-electron chi connectivity index (χ1n) is 6.07. The molecule has 0 spiro atoms. The van der Waals surface area contributed by atoms with Gasteiger partial charge >= 0.3 is 0 Å². The number of nitrogens with zero attached hydrogens (tertiary/aromatic N) is 1. The molecule has 1 atom stereocenters. The van der Waals surface area contributed by atoms with Crippen molar-refractivity contribution in [2.45, 2.75) is 47.1 Å². The average Bonchev–Trinajstić information content (AvgIpc) is 2.57. The first-order valence-corrected chi connectivity index (χ1v) is 6.07. The van der Waals surface area contributed by atoms with Gasteiger partial charge in [-0.15, -0.1) is 0 Å². The van der Waals surface area contributed by atoms with Gasteiger partial charge < -0.3 is 9.73 Å². The maximum absolute atomic E-state index is 8.93. The quantitative estimate of drug-likeness (QED) is 0.848. The molecule has 0 aliphatic carbocycles. The Morgan fingerprint density at radius 2 is 2.12 bits per heavy atom. The van der Waals surface area contributed by atoms with E-state index in [1.54, 1.807) is 0 Å². The van der Waals surface area contributed by atoms with Gasteiger partial charge in [0.05, 0.1) is 11.5 Å². The van der Waals surface area contributed by atoms with Crippen molar-refractivity contribution >= 4 is 0 Å². The highest BCUT2D eigenvalue weighted by Gasteiger charge is 2.17. The van der Waals surface area contributed by atoms with Crippen molar-refractivity contribution in [3.63, 3.8) is 0 Å². The molecule has 1 unspecified atom stereocenters. The Morgan fingerprint density at radius 1 is 1.47 bits per heavy atom. The lowest BCUT2D eigenvalue weighted by atomic mass is 9.91. The Hall–Kier alpha value is -1.27. The van der Waals surface area contributed by atoms with Gasteiger partial charge in [-0.25, -0.2) is 0 Å². The summed E-state index contributed by atoms with van der Waals surface area (Å²) >= 11 is 0. The summed E-state index contributed by atoms with van der Waals surface area (Å²) in [5.41, 5.74) is 0.950. The fourth-order valence-corrected chi connectivity index (χ4v) is 1.85. The lowest BCUT2D eigenvalue weighted by Crippen LogP contribution is -2.24. The Bertz CT molecular complexity index is 412. The van der Waals surface area contributed by atoms with Crippen molar-refractivity contribution < 1.29 is 4.42 Å². The van der Waals surface area contributed by atoms with Crippen LogP contribution in [0.2, 0.25) is 0 Å². The van der Waals surface area contributed by atoms with Crippen LogP contribution in [0, 0.1) is 30.6 Å². The second kappa shape index (κ2) is 5.37. The number of furan rings is 1. The molecule has 0 fully saturated rings. The lowest BCUT2D eigenvalue weighted by molar-refractivity contribution is 0.414. The zero-order valence-electron chi connectivity index (χ0n) is 11.4. The molecule has 0 aliphatic heterocycles. The normalized spacial score (nSPS) is 13.4. The highest BCUT2D eigenvalue weighted by Crippen LogP contribution is 2.22. The maximum atomic E-state index is 8.93. The highest BCUT2D eigenvalue weighted by atomic mass is 16.3. The molecule has 0 bridgehead atoms. The number of rotatable bonds is 5. The van der Waals surface area contributed by atoms with Crippen molar-refractivity contribution in [2.75, 3.05) is 6.54 Å². The van der Waals surface area contributed by atoms with Gasteiger partial charge in [-0.3, -0.25) is 0 Å². The van der Waals surface area contributed by atoms with Crippen molar-refractivity contribution in [1.29, 1.82) is 5.26 Å². The van der Waals surface area contributed by atoms with Crippen molar-refractivity contribution in [3.8, 4) is 6.07 Å². The van der Waals surface area contributed by atoms with E-state index in [1.165, 1.54) is 5.56 Å². The summed E-state index contributed by atoms with van der Waals surface area (Å²) in [6, 6.07) is 4.65. The molecular weight excluding hydrogens is 212 g/mol. The second-order valence-corrected chi connectivity index (χ2v) is 5.29. The third-order valence-corrected chi connectivity index (χ3v) is 3.05. The minimum absolute atomic E-state index is 0.256. The van der Waals surface area contributed by atoms with Crippen molar-refractivity contribution in [2.24, 2.45) is 5.41 Å². The highest BCUT2D eigenvalue weighted by molar-refractivity contribution is 5.23. The van der Waals surface area contributed by atoms with E-state index in [0.717, 1.165) is 24.5 Å². The van der Waals surface area contributed by atoms with Crippen molar-refractivity contribution in [3.05, 3.63) is 23.2 Å². The molecule has 0 saturated carbocycles. The van der Waals surface area contributed by atoms with Crippen LogP contribution in [0.5, 0.6) is 0 Å². The predicted molar refractivity (Wildman–Crippen MR) is 68.6 cm³/mol. The minimum atomic E-state index is -0.256. The van der Waals surface area contributed by atoms with E-state index in [4.69, 9.17) is 9.68 Å². The number of aryl methyl sites for hydroxylation is 2. The average molecular weight is 234 g/mol. The smallest absolute Gasteiger partial charge is 0.105 e. The Balaban J connectivity index is 2.49. The van der Waals surface area contributed by atoms with Gasteiger partial charge in [0.25, 0.3) is 0 Å². The van der Waals surface area contributed by atoms with Gasteiger partial charge in [0.1, 0.15) is 11.5 Å². The van der Waals surface area contributed by atoms with Crippen LogP contribution in [0.15, 0.2) is 10.5 Å². The van der Waals surface area contributed by atoms with Crippen LogP contribution in [0.25, 0.3) is 0 Å². The van der Waals surface area contributed by atoms with Gasteiger partial charge in [0.2, 0.25) is 0 Å². The molecule has 94 valence electrons. The molecule has 1 rings (SSSR count). The third kappa shape index (κ3) is 3.90. The van der Waals surface area contributed by atoms with Gasteiger partial charge in [-0.1, -0.05) is 0 Å². The SMILES string of the molecule is Cc1cc(C(C)NCCC(C)(C)C#N)c(C)o1. The standard InChI is InChI=1S/C14H22N2O/c1-10-8-13(12(3)17-10)11(2)16-7-6-14(4,5)9-15/h8,11,16H,6-7H2,1-5H3. The summed E-state index contributed by atoms with van der Waals surface area (Å²) in [5, 5.41) is 12.4. The van der Waals surface area contributed by atoms with Crippen molar-refractivity contribution in [1.82, 2.24) is 5.32 Å². The minimum Gasteiger partial charge on any atom is -0.466 e. The monoisotopic (exact) mass is 234 g/mol. The predicted octanol–water partition coefficient (Wildman–Crippen LogP) is 3.49. The number of nitrogens with one attached hydrogen (secondary N) is 1. The van der Waals surface area contributed by atoms with Gasteiger partial charge in [0, 0.05) is 11.6 Å². The summed E-state index contributed by atoms with van der Waals surface area (Å²) in [6.07, 6.45) is 0.851. The van der Waals surface area contributed by atoms with Crippen LogP contribution in [0.1, 0.15) is 50.3 Å². The molecule has 3 nitrogen and oxygen atoms in total. The molecule has 0 aliphatic rings. The van der Waals surface area contributed by atoms with Crippen LogP contribution < -0.4 is 5.32 Å². The lowest BCUT2D eigenvalue weighted by Gasteiger charge is -2.18. The first-order chi connectivity index (χ1) is 7.85. The van der Waals surface area contributed by atoms with Crippen LogP contribution in [0.3, 0.4) is 0 Å². The van der Waals surface area contributed by atoms with E-state index in [0.29, 0.717) is 0 Å². The Morgan fingerprint density at radius 3 is 2.59 bits per heavy atom. The molecule has 3 heteroatoms. The molecule has 17 heavy (non-hydrogen) atoms. The number of hydrogen-bond acceptors (Lipinski definition) is 3. The summed E-state index contributed by atoms with van der Waals surface area (Å²) in [6.45, 7) is 10.8. The largest absolute Gasteiger partial charge is 0.466 e. The van der Waals surface area contributed by atoms with E-state index in [2.05, 4.69) is 24.4 Å². The summed E-state index contributed by atoms with van der Waals surface area (Å²) in [7, 11) is 0. The molecular formula is C14H22N2O. The van der Waals surface area contributed by atoms with Gasteiger partial charge in [-0.2, -0.15) is 5.26 Å². The fourth-order valence-electron chi connectivity index (χ4n) is 1.85.